The molecule has 1 aliphatic heterocycles. The molecule has 19 heavy (non-hydrogen) atoms. The van der Waals surface area contributed by atoms with Crippen LogP contribution in [0.4, 0.5) is 11.5 Å². The van der Waals surface area contributed by atoms with Crippen molar-refractivity contribution in [2.75, 3.05) is 30.8 Å². The minimum absolute atomic E-state index is 0.283. The van der Waals surface area contributed by atoms with E-state index in [2.05, 4.69) is 9.72 Å². The number of hydrogen-bond acceptors (Lipinski definition) is 6. The third kappa shape index (κ3) is 2.78. The van der Waals surface area contributed by atoms with Gasteiger partial charge in [0.25, 0.3) is 0 Å². The molecular weight excluding hydrogens is 246 g/mol. The van der Waals surface area contributed by atoms with E-state index < -0.39 is 5.97 Å². The summed E-state index contributed by atoms with van der Waals surface area (Å²) in [5, 5.41) is 9.90. The van der Waals surface area contributed by atoms with Crippen LogP contribution in [-0.2, 0) is 4.74 Å². The topological polar surface area (TPSA) is 88.7 Å². The molecule has 2 heterocycles. The normalized spacial score (nSPS) is 23.2. The van der Waals surface area contributed by atoms with Crippen molar-refractivity contribution in [2.24, 2.45) is 5.92 Å². The smallest absolute Gasteiger partial charge is 0.340 e. The Morgan fingerprint density at radius 3 is 3.00 bits per heavy atom. The molecule has 1 fully saturated rings. The summed E-state index contributed by atoms with van der Waals surface area (Å²) in [4.78, 5) is 17.8. The Labute approximate surface area is 112 Å². The van der Waals surface area contributed by atoms with Gasteiger partial charge in [-0.3, -0.25) is 0 Å². The molecule has 1 aromatic rings. The van der Waals surface area contributed by atoms with Crippen molar-refractivity contribution in [1.82, 2.24) is 4.98 Å². The fraction of sp³-hybridized carbons (Fsp3) is 0.538. The van der Waals surface area contributed by atoms with E-state index >= 15 is 0 Å². The molecule has 0 aliphatic carbocycles. The summed E-state index contributed by atoms with van der Waals surface area (Å²) >= 11 is 0. The minimum atomic E-state index is -0.480. The highest BCUT2D eigenvalue weighted by atomic mass is 16.5. The maximum atomic E-state index is 11.6. The summed E-state index contributed by atoms with van der Waals surface area (Å²) in [6, 6.07) is 1.61. The second-order valence-electron chi connectivity index (χ2n) is 4.90. The van der Waals surface area contributed by atoms with E-state index in [-0.39, 0.29) is 12.0 Å². The van der Waals surface area contributed by atoms with Crippen LogP contribution in [0.1, 0.15) is 23.7 Å². The Balaban J connectivity index is 2.24. The number of hydrogen-bond donors (Lipinski definition) is 2. The lowest BCUT2D eigenvalue weighted by molar-refractivity contribution is 0.0602. The summed E-state index contributed by atoms with van der Waals surface area (Å²) < 4.78 is 4.68. The van der Waals surface area contributed by atoms with Crippen LogP contribution in [0.2, 0.25) is 0 Å². The zero-order valence-electron chi connectivity index (χ0n) is 11.2. The van der Waals surface area contributed by atoms with Gasteiger partial charge in [-0.1, -0.05) is 6.92 Å². The summed E-state index contributed by atoms with van der Waals surface area (Å²) in [6.45, 7) is 3.34. The second-order valence-corrected chi connectivity index (χ2v) is 4.90. The number of aromatic nitrogens is 1. The van der Waals surface area contributed by atoms with Crippen molar-refractivity contribution in [2.45, 2.75) is 19.4 Å². The van der Waals surface area contributed by atoms with E-state index in [9.17, 15) is 9.90 Å². The van der Waals surface area contributed by atoms with Gasteiger partial charge in [-0.25, -0.2) is 9.78 Å². The molecule has 6 nitrogen and oxygen atoms in total. The SMILES string of the molecule is COC(=O)c1cc(N2CCC(C)C(O)C2)ncc1N. The maximum absolute atomic E-state index is 11.6. The lowest BCUT2D eigenvalue weighted by atomic mass is 9.96. The highest BCUT2D eigenvalue weighted by Crippen LogP contribution is 2.24. The lowest BCUT2D eigenvalue weighted by Crippen LogP contribution is -2.43. The third-order valence-corrected chi connectivity index (χ3v) is 3.57. The molecule has 1 saturated heterocycles. The van der Waals surface area contributed by atoms with Crippen LogP contribution in [0.25, 0.3) is 0 Å². The number of anilines is 2. The van der Waals surface area contributed by atoms with Gasteiger partial charge < -0.3 is 20.5 Å². The van der Waals surface area contributed by atoms with Crippen LogP contribution in [0, 0.1) is 5.92 Å². The zero-order chi connectivity index (χ0) is 14.0. The van der Waals surface area contributed by atoms with E-state index in [4.69, 9.17) is 5.73 Å². The second kappa shape index (κ2) is 5.44. The molecule has 2 unspecified atom stereocenters. The molecule has 1 aliphatic rings. The Hall–Kier alpha value is -1.82. The lowest BCUT2D eigenvalue weighted by Gasteiger charge is -2.35. The number of carbonyl (C=O) groups is 1. The average Bonchev–Trinajstić information content (AvgIpc) is 2.41. The standard InChI is InChI=1S/C13H19N3O3/c1-8-3-4-16(7-11(8)17)12-5-9(13(18)19-2)10(14)6-15-12/h5-6,8,11,17H,3-4,7,14H2,1-2H3. The van der Waals surface area contributed by atoms with Gasteiger partial charge in [0, 0.05) is 13.1 Å². The van der Waals surface area contributed by atoms with Gasteiger partial charge >= 0.3 is 5.97 Å². The molecule has 6 heteroatoms. The van der Waals surface area contributed by atoms with E-state index in [1.54, 1.807) is 6.07 Å². The maximum Gasteiger partial charge on any atom is 0.340 e. The molecule has 0 aromatic carbocycles. The van der Waals surface area contributed by atoms with Crippen LogP contribution in [0.5, 0.6) is 0 Å². The Kier molecular flexibility index (Phi) is 3.90. The first-order chi connectivity index (χ1) is 9.02. The molecule has 0 bridgehead atoms. The van der Waals surface area contributed by atoms with Gasteiger partial charge in [0.2, 0.25) is 0 Å². The van der Waals surface area contributed by atoms with Crippen molar-refractivity contribution in [3.63, 3.8) is 0 Å². The van der Waals surface area contributed by atoms with Crippen LogP contribution in [0.15, 0.2) is 12.3 Å². The number of aliphatic hydroxyl groups is 1. The van der Waals surface area contributed by atoms with Crippen molar-refractivity contribution >= 4 is 17.5 Å². The number of methoxy groups -OCH3 is 1. The van der Waals surface area contributed by atoms with Crippen molar-refractivity contribution in [3.8, 4) is 0 Å². The molecule has 0 radical (unpaired) electrons. The molecule has 0 saturated carbocycles. The fourth-order valence-corrected chi connectivity index (χ4v) is 2.17. The number of carbonyl (C=O) groups excluding carboxylic acids is 1. The van der Waals surface area contributed by atoms with E-state index in [0.717, 1.165) is 13.0 Å². The number of rotatable bonds is 2. The average molecular weight is 265 g/mol. The first-order valence-corrected chi connectivity index (χ1v) is 6.29. The van der Waals surface area contributed by atoms with Crippen LogP contribution in [-0.4, -0.2) is 42.4 Å². The van der Waals surface area contributed by atoms with Gasteiger partial charge in [0.15, 0.2) is 0 Å². The number of nitrogens with zero attached hydrogens (tertiary/aromatic N) is 2. The van der Waals surface area contributed by atoms with E-state index in [1.807, 2.05) is 11.8 Å². The van der Waals surface area contributed by atoms with Crippen molar-refractivity contribution < 1.29 is 14.6 Å². The highest BCUT2D eigenvalue weighted by molar-refractivity contribution is 5.95. The molecular formula is C13H19N3O3. The number of nitrogens with two attached hydrogens (primary N) is 1. The first-order valence-electron chi connectivity index (χ1n) is 6.29. The number of aliphatic hydroxyl groups excluding tert-OH is 1. The molecule has 0 amide bonds. The minimum Gasteiger partial charge on any atom is -0.465 e. The Morgan fingerprint density at radius 1 is 1.63 bits per heavy atom. The van der Waals surface area contributed by atoms with Gasteiger partial charge in [-0.05, 0) is 18.4 Å². The van der Waals surface area contributed by atoms with E-state index in [0.29, 0.717) is 23.6 Å². The van der Waals surface area contributed by atoms with Gasteiger partial charge in [-0.15, -0.1) is 0 Å². The van der Waals surface area contributed by atoms with Crippen molar-refractivity contribution in [3.05, 3.63) is 17.8 Å². The first kappa shape index (κ1) is 13.6. The highest BCUT2D eigenvalue weighted by Gasteiger charge is 2.25. The number of pyridine rings is 1. The van der Waals surface area contributed by atoms with Crippen LogP contribution < -0.4 is 10.6 Å². The third-order valence-electron chi connectivity index (χ3n) is 3.57. The summed E-state index contributed by atoms with van der Waals surface area (Å²) in [5.41, 5.74) is 6.31. The summed E-state index contributed by atoms with van der Waals surface area (Å²) in [7, 11) is 1.31. The fourth-order valence-electron chi connectivity index (χ4n) is 2.17. The number of piperidine rings is 1. The van der Waals surface area contributed by atoms with E-state index in [1.165, 1.54) is 13.3 Å². The summed E-state index contributed by atoms with van der Waals surface area (Å²) in [6.07, 6.45) is 1.96. The molecule has 2 atom stereocenters. The zero-order valence-corrected chi connectivity index (χ0v) is 11.2. The quantitative estimate of drug-likeness (QED) is 0.764. The number of ether oxygens (including phenoxy) is 1. The monoisotopic (exact) mass is 265 g/mol. The van der Waals surface area contributed by atoms with Crippen molar-refractivity contribution in [1.29, 1.82) is 0 Å². The van der Waals surface area contributed by atoms with Crippen LogP contribution in [0.3, 0.4) is 0 Å². The number of nitrogen functional groups attached to an aromatic ring is 1. The predicted molar refractivity (Wildman–Crippen MR) is 72.0 cm³/mol. The number of β-amino-alcohol motifs (C(OH)–C–C–N with tert-alkyl or cyclic N) is 1. The number of esters is 1. The molecule has 2 rings (SSSR count). The molecule has 3 N–H and O–H groups in total. The van der Waals surface area contributed by atoms with Gasteiger partial charge in [0.05, 0.1) is 30.7 Å². The Bertz CT molecular complexity index is 478. The molecule has 1 aromatic heterocycles. The van der Waals surface area contributed by atoms with Crippen LogP contribution >= 0.6 is 0 Å². The Morgan fingerprint density at radius 2 is 2.37 bits per heavy atom. The summed E-state index contributed by atoms with van der Waals surface area (Å²) in [5.74, 6) is 0.442. The molecule has 104 valence electrons. The molecule has 0 spiro atoms. The van der Waals surface area contributed by atoms with Gasteiger partial charge in [0.1, 0.15) is 5.82 Å². The largest absolute Gasteiger partial charge is 0.465 e. The van der Waals surface area contributed by atoms with Gasteiger partial charge in [-0.2, -0.15) is 0 Å². The predicted octanol–water partition coefficient (Wildman–Crippen LogP) is 0.657.